The molecule has 0 bridgehead atoms. The molecule has 0 aliphatic rings. The Hall–Kier alpha value is -2.86. The Kier molecular flexibility index (Phi) is 8.45. The third-order valence-corrected chi connectivity index (χ3v) is 6.96. The molecule has 5 nitrogen and oxygen atoms in total. The molecule has 4 aromatic rings. The van der Waals surface area contributed by atoms with Crippen molar-refractivity contribution >= 4 is 63.1 Å². The van der Waals surface area contributed by atoms with Crippen molar-refractivity contribution in [1.82, 2.24) is 9.88 Å². The fourth-order valence-corrected chi connectivity index (χ4v) is 4.71. The summed E-state index contributed by atoms with van der Waals surface area (Å²) in [5, 5.41) is 6.35. The highest BCUT2D eigenvalue weighted by Crippen LogP contribution is 2.28. The molecule has 0 spiro atoms. The summed E-state index contributed by atoms with van der Waals surface area (Å²) in [5.74, 6) is 1.13. The standard InChI is InChI=1S/C28H30Cl2N4O/c1-33-25-18-23(29)24(30)19-26(25)34(16-6-2-3-9-27(35)32-15-14-31)28(33)13-11-20-10-12-21-7-4-5-8-22(21)17-20/h4-5,7-8,10-13,17-19H,2-3,6,9,14-16,31H2,1H3/p+1/b13-11+. The van der Waals surface area contributed by atoms with Gasteiger partial charge in [0.05, 0.1) is 23.6 Å². The van der Waals surface area contributed by atoms with Crippen LogP contribution in [-0.4, -0.2) is 23.6 Å². The number of amides is 1. The maximum Gasteiger partial charge on any atom is 0.282 e. The molecule has 0 unspecified atom stereocenters. The summed E-state index contributed by atoms with van der Waals surface area (Å²) in [4.78, 5) is 11.8. The predicted octanol–water partition coefficient (Wildman–Crippen LogP) is 5.73. The number of halogens is 2. The number of hydrogen-bond acceptors (Lipinski definition) is 2. The number of unbranched alkanes of at least 4 members (excludes halogenated alkanes) is 2. The van der Waals surface area contributed by atoms with Crippen LogP contribution in [0.4, 0.5) is 0 Å². The van der Waals surface area contributed by atoms with Gasteiger partial charge in [0.2, 0.25) is 5.91 Å². The SMILES string of the molecule is C[n+]1c(/C=C/c2ccc3ccccc3c2)n(CCCCCC(=O)NCCN)c2cc(Cl)c(Cl)cc21. The highest BCUT2D eigenvalue weighted by Gasteiger charge is 2.22. The summed E-state index contributed by atoms with van der Waals surface area (Å²) in [5.41, 5.74) is 8.65. The number of benzene rings is 3. The molecule has 35 heavy (non-hydrogen) atoms. The van der Waals surface area contributed by atoms with Crippen LogP contribution in [0.1, 0.15) is 37.1 Å². The molecule has 7 heteroatoms. The third-order valence-electron chi connectivity index (χ3n) is 6.24. The van der Waals surface area contributed by atoms with Crippen LogP contribution in [0.25, 0.3) is 34.0 Å². The van der Waals surface area contributed by atoms with E-state index in [0.29, 0.717) is 29.6 Å². The number of carbonyl (C=O) groups excluding carboxylic acids is 1. The molecule has 0 aliphatic heterocycles. The van der Waals surface area contributed by atoms with Gasteiger partial charge in [-0.3, -0.25) is 4.79 Å². The maximum absolute atomic E-state index is 11.8. The predicted molar refractivity (Wildman–Crippen MR) is 147 cm³/mol. The van der Waals surface area contributed by atoms with Gasteiger partial charge in [0.25, 0.3) is 5.82 Å². The van der Waals surface area contributed by atoms with Gasteiger partial charge in [-0.15, -0.1) is 0 Å². The minimum Gasteiger partial charge on any atom is -0.355 e. The summed E-state index contributed by atoms with van der Waals surface area (Å²) in [6, 6.07) is 18.7. The van der Waals surface area contributed by atoms with Crippen LogP contribution in [0.2, 0.25) is 10.0 Å². The van der Waals surface area contributed by atoms with Crippen LogP contribution < -0.4 is 15.6 Å². The second-order valence-electron chi connectivity index (χ2n) is 8.71. The van der Waals surface area contributed by atoms with Gasteiger partial charge >= 0.3 is 0 Å². The number of rotatable bonds is 10. The third kappa shape index (κ3) is 6.04. The van der Waals surface area contributed by atoms with E-state index < -0.39 is 0 Å². The first-order chi connectivity index (χ1) is 17.0. The molecule has 0 saturated heterocycles. The molecule has 0 aliphatic carbocycles. The molecule has 182 valence electrons. The summed E-state index contributed by atoms with van der Waals surface area (Å²) in [6.07, 6.45) is 7.56. The average molecular weight is 510 g/mol. The lowest BCUT2D eigenvalue weighted by molar-refractivity contribution is -0.647. The minimum absolute atomic E-state index is 0.0636. The van der Waals surface area contributed by atoms with E-state index >= 15 is 0 Å². The first kappa shape index (κ1) is 25.2. The highest BCUT2D eigenvalue weighted by atomic mass is 35.5. The molecule has 0 fully saturated rings. The van der Waals surface area contributed by atoms with Gasteiger partial charge in [-0.05, 0) is 47.7 Å². The van der Waals surface area contributed by atoms with E-state index in [2.05, 4.69) is 69.1 Å². The lowest BCUT2D eigenvalue weighted by atomic mass is 10.1. The number of hydrogen-bond donors (Lipinski definition) is 2. The Morgan fingerprint density at radius 3 is 2.57 bits per heavy atom. The second kappa shape index (κ2) is 11.7. The van der Waals surface area contributed by atoms with Crippen LogP contribution in [-0.2, 0) is 18.4 Å². The van der Waals surface area contributed by atoms with Crippen LogP contribution in [0.15, 0.2) is 54.6 Å². The largest absolute Gasteiger partial charge is 0.355 e. The smallest absolute Gasteiger partial charge is 0.282 e. The topological polar surface area (TPSA) is 63.9 Å². The van der Waals surface area contributed by atoms with E-state index in [0.717, 1.165) is 48.2 Å². The van der Waals surface area contributed by atoms with E-state index in [-0.39, 0.29) is 5.91 Å². The van der Waals surface area contributed by atoms with Crippen molar-refractivity contribution in [3.05, 3.63) is 76.0 Å². The normalized spacial score (nSPS) is 11.7. The van der Waals surface area contributed by atoms with E-state index in [1.165, 1.54) is 10.8 Å². The van der Waals surface area contributed by atoms with Crippen molar-refractivity contribution in [2.24, 2.45) is 12.8 Å². The van der Waals surface area contributed by atoms with E-state index in [4.69, 9.17) is 28.9 Å². The van der Waals surface area contributed by atoms with Crippen molar-refractivity contribution in [2.45, 2.75) is 32.2 Å². The van der Waals surface area contributed by atoms with Crippen LogP contribution in [0.3, 0.4) is 0 Å². The Labute approximate surface area is 216 Å². The first-order valence-electron chi connectivity index (χ1n) is 12.0. The van der Waals surface area contributed by atoms with E-state index in [1.54, 1.807) is 0 Å². The van der Waals surface area contributed by atoms with Gasteiger partial charge in [0.1, 0.15) is 0 Å². The zero-order valence-electron chi connectivity index (χ0n) is 19.9. The molecule has 3 N–H and O–H groups in total. The minimum atomic E-state index is 0.0636. The van der Waals surface area contributed by atoms with E-state index in [9.17, 15) is 4.79 Å². The van der Waals surface area contributed by atoms with Crippen LogP contribution in [0.5, 0.6) is 0 Å². The van der Waals surface area contributed by atoms with E-state index in [1.807, 2.05) is 19.2 Å². The highest BCUT2D eigenvalue weighted by molar-refractivity contribution is 6.42. The number of fused-ring (bicyclic) bond motifs is 2. The van der Waals surface area contributed by atoms with Gasteiger partial charge in [0.15, 0.2) is 11.0 Å². The Bertz CT molecular complexity index is 1380. The molecule has 0 saturated carbocycles. The maximum atomic E-state index is 11.8. The Balaban J connectivity index is 1.57. The van der Waals surface area contributed by atoms with Gasteiger partial charge in [-0.1, -0.05) is 59.6 Å². The number of nitrogens with two attached hydrogens (primary N) is 1. The summed E-state index contributed by atoms with van der Waals surface area (Å²) in [7, 11) is 2.05. The van der Waals surface area contributed by atoms with Crippen molar-refractivity contribution in [3.8, 4) is 0 Å². The second-order valence-corrected chi connectivity index (χ2v) is 9.53. The zero-order chi connectivity index (χ0) is 24.8. The first-order valence-corrected chi connectivity index (χ1v) is 12.7. The number of nitrogens with one attached hydrogen (secondary N) is 1. The Morgan fingerprint density at radius 1 is 1.00 bits per heavy atom. The van der Waals surface area contributed by atoms with Gasteiger partial charge in [0, 0.05) is 37.7 Å². The molecule has 0 atom stereocenters. The summed E-state index contributed by atoms with van der Waals surface area (Å²) >= 11 is 12.7. The van der Waals surface area contributed by atoms with Gasteiger partial charge in [-0.25, -0.2) is 9.13 Å². The molecule has 0 radical (unpaired) electrons. The fourth-order valence-electron chi connectivity index (χ4n) is 4.39. The lowest BCUT2D eigenvalue weighted by Gasteiger charge is -2.04. The Morgan fingerprint density at radius 2 is 1.77 bits per heavy atom. The number of imidazole rings is 1. The number of nitrogens with zero attached hydrogens (tertiary/aromatic N) is 2. The fraction of sp³-hybridized carbons (Fsp3) is 0.286. The quantitative estimate of drug-likeness (QED) is 0.211. The van der Waals surface area contributed by atoms with Gasteiger partial charge in [-0.2, -0.15) is 0 Å². The van der Waals surface area contributed by atoms with Crippen molar-refractivity contribution < 1.29 is 9.36 Å². The zero-order valence-corrected chi connectivity index (χ0v) is 21.4. The van der Waals surface area contributed by atoms with Crippen molar-refractivity contribution in [2.75, 3.05) is 13.1 Å². The van der Waals surface area contributed by atoms with Crippen LogP contribution in [0, 0.1) is 0 Å². The number of aromatic nitrogens is 2. The number of aryl methyl sites for hydroxylation is 2. The van der Waals surface area contributed by atoms with Crippen molar-refractivity contribution in [3.63, 3.8) is 0 Å². The summed E-state index contributed by atoms with van der Waals surface area (Å²) < 4.78 is 4.43. The molecule has 4 rings (SSSR count). The monoisotopic (exact) mass is 509 g/mol. The lowest BCUT2D eigenvalue weighted by Crippen LogP contribution is -2.31. The van der Waals surface area contributed by atoms with Crippen molar-refractivity contribution in [1.29, 1.82) is 0 Å². The molecule has 3 aromatic carbocycles. The molecular formula is C28H31Cl2N4O+. The summed E-state index contributed by atoms with van der Waals surface area (Å²) in [6.45, 7) is 1.81. The molecular weight excluding hydrogens is 479 g/mol. The molecule has 1 aromatic heterocycles. The van der Waals surface area contributed by atoms with Gasteiger partial charge < -0.3 is 11.1 Å². The molecule has 1 heterocycles. The van der Waals surface area contributed by atoms with Crippen LogP contribution >= 0.6 is 23.2 Å². The average Bonchev–Trinajstić information content (AvgIpc) is 3.11. The molecule has 1 amide bonds. The number of carbonyl (C=O) groups is 1.